The number of carbonyl (C=O) groups excluding carboxylic acids is 1. The van der Waals surface area contributed by atoms with E-state index in [9.17, 15) is 4.79 Å². The number of benzene rings is 1. The Labute approximate surface area is 161 Å². The Bertz CT molecular complexity index is 724. The van der Waals surface area contributed by atoms with Gasteiger partial charge in [0.25, 0.3) is 5.91 Å². The third-order valence-electron chi connectivity index (χ3n) is 4.29. The Morgan fingerprint density at radius 2 is 1.96 bits per heavy atom. The highest BCUT2D eigenvalue weighted by atomic mass is 16.5. The fraction of sp³-hybridized carbons (Fsp3) is 0.550. The zero-order valence-corrected chi connectivity index (χ0v) is 16.7. The van der Waals surface area contributed by atoms with Gasteiger partial charge in [0.2, 0.25) is 0 Å². The summed E-state index contributed by atoms with van der Waals surface area (Å²) in [5, 5.41) is 11.3. The molecule has 1 unspecified atom stereocenters. The maximum absolute atomic E-state index is 12.7. The van der Waals surface area contributed by atoms with E-state index in [0.717, 1.165) is 36.4 Å². The summed E-state index contributed by atoms with van der Waals surface area (Å²) >= 11 is 0. The minimum atomic E-state index is -0.218. The van der Waals surface area contributed by atoms with Crippen LogP contribution in [0.1, 0.15) is 63.1 Å². The van der Waals surface area contributed by atoms with E-state index >= 15 is 0 Å². The van der Waals surface area contributed by atoms with Crippen LogP contribution in [0.3, 0.4) is 0 Å². The summed E-state index contributed by atoms with van der Waals surface area (Å²) in [5.74, 6) is 0.580. The summed E-state index contributed by atoms with van der Waals surface area (Å²) < 4.78 is 7.38. The standard InChI is InChI=1S/C20H31N5O2/c1-5-7-8-15(13-21)22-20(26)19-18(6-2)25(24-23-19)16-9-11-17(12-10-16)27-14(3)4/h9-12,14-15H,5-8,13,21H2,1-4H3,(H,22,26). The Hall–Kier alpha value is -2.41. The van der Waals surface area contributed by atoms with Crippen molar-refractivity contribution in [1.29, 1.82) is 0 Å². The lowest BCUT2D eigenvalue weighted by Gasteiger charge is -2.16. The smallest absolute Gasteiger partial charge is 0.274 e. The molecule has 1 aromatic carbocycles. The first-order valence-corrected chi connectivity index (χ1v) is 9.72. The lowest BCUT2D eigenvalue weighted by atomic mass is 10.1. The zero-order valence-electron chi connectivity index (χ0n) is 16.7. The van der Waals surface area contributed by atoms with Crippen molar-refractivity contribution in [2.75, 3.05) is 6.54 Å². The van der Waals surface area contributed by atoms with Gasteiger partial charge in [-0.15, -0.1) is 5.10 Å². The number of aromatic nitrogens is 3. The monoisotopic (exact) mass is 373 g/mol. The van der Waals surface area contributed by atoms with Crippen LogP contribution in [0.5, 0.6) is 5.75 Å². The second-order valence-corrected chi connectivity index (χ2v) is 6.86. The van der Waals surface area contributed by atoms with Crippen molar-refractivity contribution in [3.05, 3.63) is 35.7 Å². The molecule has 0 spiro atoms. The molecule has 0 aliphatic rings. The Kier molecular flexibility index (Phi) is 7.79. The molecule has 27 heavy (non-hydrogen) atoms. The highest BCUT2D eigenvalue weighted by molar-refractivity contribution is 5.93. The molecule has 7 heteroatoms. The van der Waals surface area contributed by atoms with Gasteiger partial charge in [-0.2, -0.15) is 0 Å². The second kappa shape index (κ2) is 10.1. The van der Waals surface area contributed by atoms with Crippen molar-refractivity contribution >= 4 is 5.91 Å². The van der Waals surface area contributed by atoms with Crippen LogP contribution in [0.25, 0.3) is 5.69 Å². The molecular weight excluding hydrogens is 342 g/mol. The third kappa shape index (κ3) is 5.53. The number of hydrogen-bond acceptors (Lipinski definition) is 5. The van der Waals surface area contributed by atoms with Crippen molar-refractivity contribution < 1.29 is 9.53 Å². The van der Waals surface area contributed by atoms with Crippen LogP contribution < -0.4 is 15.8 Å². The van der Waals surface area contributed by atoms with Gasteiger partial charge >= 0.3 is 0 Å². The highest BCUT2D eigenvalue weighted by Crippen LogP contribution is 2.19. The number of amides is 1. The number of nitrogens with one attached hydrogen (secondary N) is 1. The van der Waals surface area contributed by atoms with Gasteiger partial charge in [-0.1, -0.05) is 31.9 Å². The molecule has 148 valence electrons. The molecule has 1 atom stereocenters. The van der Waals surface area contributed by atoms with Gasteiger partial charge in [0.15, 0.2) is 5.69 Å². The molecule has 1 heterocycles. The average Bonchev–Trinajstić information content (AvgIpc) is 3.09. The van der Waals surface area contributed by atoms with E-state index < -0.39 is 0 Å². The van der Waals surface area contributed by atoms with E-state index in [0.29, 0.717) is 18.7 Å². The van der Waals surface area contributed by atoms with E-state index in [2.05, 4.69) is 22.6 Å². The highest BCUT2D eigenvalue weighted by Gasteiger charge is 2.21. The van der Waals surface area contributed by atoms with Crippen molar-refractivity contribution in [1.82, 2.24) is 20.3 Å². The molecule has 0 aliphatic carbocycles. The van der Waals surface area contributed by atoms with Crippen LogP contribution in [0.15, 0.2) is 24.3 Å². The molecule has 0 radical (unpaired) electrons. The molecule has 3 N–H and O–H groups in total. The van der Waals surface area contributed by atoms with Gasteiger partial charge in [-0.05, 0) is 51.0 Å². The van der Waals surface area contributed by atoms with Gasteiger partial charge in [-0.25, -0.2) is 4.68 Å². The predicted molar refractivity (Wildman–Crippen MR) is 106 cm³/mol. The fourth-order valence-electron chi connectivity index (χ4n) is 2.89. The fourth-order valence-corrected chi connectivity index (χ4v) is 2.89. The molecule has 1 aromatic heterocycles. The summed E-state index contributed by atoms with van der Waals surface area (Å²) in [6.45, 7) is 8.49. The molecule has 2 rings (SSSR count). The predicted octanol–water partition coefficient (Wildman–Crippen LogP) is 2.86. The van der Waals surface area contributed by atoms with E-state index in [1.54, 1.807) is 4.68 Å². The minimum absolute atomic E-state index is 0.0419. The van der Waals surface area contributed by atoms with Gasteiger partial charge in [0, 0.05) is 12.6 Å². The molecule has 0 aliphatic heterocycles. The molecule has 0 saturated heterocycles. The molecule has 0 bridgehead atoms. The van der Waals surface area contributed by atoms with Gasteiger partial charge in [-0.3, -0.25) is 4.79 Å². The average molecular weight is 374 g/mol. The van der Waals surface area contributed by atoms with Crippen LogP contribution >= 0.6 is 0 Å². The summed E-state index contributed by atoms with van der Waals surface area (Å²) in [7, 11) is 0. The number of unbranched alkanes of at least 4 members (excludes halogenated alkanes) is 1. The van der Waals surface area contributed by atoms with Crippen LogP contribution in [-0.4, -0.2) is 39.6 Å². The second-order valence-electron chi connectivity index (χ2n) is 6.86. The molecule has 0 saturated carbocycles. The lowest BCUT2D eigenvalue weighted by Crippen LogP contribution is -2.40. The molecule has 0 fully saturated rings. The van der Waals surface area contributed by atoms with Gasteiger partial charge < -0.3 is 15.8 Å². The molecular formula is C20H31N5O2. The maximum atomic E-state index is 12.7. The van der Waals surface area contributed by atoms with Crippen molar-refractivity contribution in [2.45, 2.75) is 65.5 Å². The first-order chi connectivity index (χ1) is 13.0. The molecule has 7 nitrogen and oxygen atoms in total. The molecule has 1 amide bonds. The van der Waals surface area contributed by atoms with E-state index in [1.165, 1.54) is 0 Å². The van der Waals surface area contributed by atoms with E-state index in [-0.39, 0.29) is 18.1 Å². The van der Waals surface area contributed by atoms with Gasteiger partial charge in [0.1, 0.15) is 5.75 Å². The number of ether oxygens (including phenoxy) is 1. The Morgan fingerprint density at radius 1 is 1.26 bits per heavy atom. The van der Waals surface area contributed by atoms with Crippen LogP contribution in [0.4, 0.5) is 0 Å². The summed E-state index contributed by atoms with van der Waals surface area (Å²) in [4.78, 5) is 12.7. The van der Waals surface area contributed by atoms with Crippen LogP contribution in [0, 0.1) is 0 Å². The molecule has 2 aromatic rings. The topological polar surface area (TPSA) is 95.1 Å². The van der Waals surface area contributed by atoms with E-state index in [4.69, 9.17) is 10.5 Å². The lowest BCUT2D eigenvalue weighted by molar-refractivity contribution is 0.0929. The van der Waals surface area contributed by atoms with Crippen molar-refractivity contribution in [3.63, 3.8) is 0 Å². The quantitative estimate of drug-likeness (QED) is 0.668. The number of carbonyl (C=O) groups is 1. The number of hydrogen-bond donors (Lipinski definition) is 2. The number of nitrogens with two attached hydrogens (primary N) is 1. The number of rotatable bonds is 10. The third-order valence-corrected chi connectivity index (χ3v) is 4.29. The van der Waals surface area contributed by atoms with Crippen molar-refractivity contribution in [2.24, 2.45) is 5.73 Å². The normalized spacial score (nSPS) is 12.2. The largest absolute Gasteiger partial charge is 0.491 e. The van der Waals surface area contributed by atoms with Crippen LogP contribution in [-0.2, 0) is 6.42 Å². The first-order valence-electron chi connectivity index (χ1n) is 9.72. The van der Waals surface area contributed by atoms with Crippen LogP contribution in [0.2, 0.25) is 0 Å². The van der Waals surface area contributed by atoms with E-state index in [1.807, 2.05) is 45.0 Å². The Balaban J connectivity index is 2.19. The maximum Gasteiger partial charge on any atom is 0.274 e. The van der Waals surface area contributed by atoms with Gasteiger partial charge in [0.05, 0.1) is 17.5 Å². The minimum Gasteiger partial charge on any atom is -0.491 e. The number of nitrogens with zero attached hydrogens (tertiary/aromatic N) is 3. The Morgan fingerprint density at radius 3 is 2.52 bits per heavy atom. The summed E-state index contributed by atoms with van der Waals surface area (Å²) in [6, 6.07) is 7.57. The summed E-state index contributed by atoms with van der Waals surface area (Å²) in [6.07, 6.45) is 3.72. The summed E-state index contributed by atoms with van der Waals surface area (Å²) in [5.41, 5.74) is 7.76. The SMILES string of the molecule is CCCCC(CN)NC(=O)c1nnn(-c2ccc(OC(C)C)cc2)c1CC. The zero-order chi connectivity index (χ0) is 19.8. The van der Waals surface area contributed by atoms with Crippen molar-refractivity contribution in [3.8, 4) is 11.4 Å². The first kappa shape index (κ1) is 20.9.